The number of halogens is 2. The van der Waals surface area contributed by atoms with Crippen LogP contribution in [-0.2, 0) is 4.79 Å². The highest BCUT2D eigenvalue weighted by molar-refractivity contribution is 6.35. The number of benzene rings is 1. The molecule has 10 heteroatoms. The Kier molecular flexibility index (Phi) is 8.12. The van der Waals surface area contributed by atoms with Crippen molar-refractivity contribution >= 4 is 46.2 Å². The fourth-order valence-corrected chi connectivity index (χ4v) is 6.97. The van der Waals surface area contributed by atoms with Crippen molar-refractivity contribution in [2.45, 2.75) is 52.5 Å². The highest BCUT2D eigenvalue weighted by Crippen LogP contribution is 2.37. The molecule has 4 heterocycles. The van der Waals surface area contributed by atoms with Crippen LogP contribution in [0.4, 0.5) is 5.82 Å². The lowest BCUT2D eigenvalue weighted by molar-refractivity contribution is -0.137. The van der Waals surface area contributed by atoms with Gasteiger partial charge in [-0.25, -0.2) is 14.6 Å². The average molecular weight is 560 g/mol. The number of aliphatic carboxylic acids is 1. The van der Waals surface area contributed by atoms with Gasteiger partial charge in [0.25, 0.3) is 0 Å². The molecule has 4 unspecified atom stereocenters. The molecule has 0 bridgehead atoms. The molecule has 1 aromatic carbocycles. The maximum atomic E-state index is 11.0. The van der Waals surface area contributed by atoms with Crippen molar-refractivity contribution in [3.63, 3.8) is 0 Å². The number of hydrogen-bond donors (Lipinski definition) is 1. The van der Waals surface area contributed by atoms with Gasteiger partial charge in [-0.15, -0.1) is 0 Å². The van der Waals surface area contributed by atoms with E-state index in [1.807, 2.05) is 29.9 Å². The number of carbonyl (C=O) groups is 1. The number of aromatic nitrogens is 4. The van der Waals surface area contributed by atoms with Crippen molar-refractivity contribution in [2.75, 3.05) is 37.6 Å². The number of piperidine rings is 2. The predicted octanol–water partition coefficient (Wildman–Crippen LogP) is 5.70. The van der Waals surface area contributed by atoms with Crippen LogP contribution in [0.1, 0.15) is 56.8 Å². The van der Waals surface area contributed by atoms with Crippen LogP contribution < -0.4 is 4.90 Å². The molecular weight excluding hydrogens is 523 g/mol. The number of rotatable bonds is 7. The molecule has 2 aromatic heterocycles. The van der Waals surface area contributed by atoms with Crippen LogP contribution in [0.25, 0.3) is 11.2 Å². The van der Waals surface area contributed by atoms with Crippen molar-refractivity contribution in [3.8, 4) is 0 Å². The third-order valence-corrected chi connectivity index (χ3v) is 8.99. The van der Waals surface area contributed by atoms with E-state index in [1.54, 1.807) is 6.07 Å². The van der Waals surface area contributed by atoms with E-state index in [1.165, 1.54) is 6.42 Å². The second-order valence-electron chi connectivity index (χ2n) is 11.0. The molecule has 0 aliphatic carbocycles. The van der Waals surface area contributed by atoms with Gasteiger partial charge in [0.1, 0.15) is 11.3 Å². The van der Waals surface area contributed by atoms with Gasteiger partial charge < -0.3 is 14.9 Å². The van der Waals surface area contributed by atoms with Crippen LogP contribution in [-0.4, -0.2) is 68.4 Å². The topological polar surface area (TPSA) is 87.4 Å². The van der Waals surface area contributed by atoms with Gasteiger partial charge in [-0.05, 0) is 75.1 Å². The summed E-state index contributed by atoms with van der Waals surface area (Å²) in [7, 11) is 0. The van der Waals surface area contributed by atoms with Gasteiger partial charge in [0.15, 0.2) is 5.65 Å². The third kappa shape index (κ3) is 5.63. The zero-order chi connectivity index (χ0) is 27.0. The second kappa shape index (κ2) is 11.4. The molecule has 2 saturated heterocycles. The van der Waals surface area contributed by atoms with E-state index >= 15 is 0 Å². The number of fused-ring (bicyclic) bond motifs is 1. The summed E-state index contributed by atoms with van der Waals surface area (Å²) in [5.41, 5.74) is 3.34. The highest BCUT2D eigenvalue weighted by atomic mass is 35.5. The molecule has 38 heavy (non-hydrogen) atoms. The van der Waals surface area contributed by atoms with Crippen molar-refractivity contribution < 1.29 is 9.90 Å². The zero-order valence-electron chi connectivity index (χ0n) is 22.3. The third-order valence-electron chi connectivity index (χ3n) is 8.42. The fraction of sp³-hybridized carbons (Fsp3) is 0.571. The molecule has 204 valence electrons. The van der Waals surface area contributed by atoms with E-state index in [4.69, 9.17) is 43.4 Å². The van der Waals surface area contributed by atoms with Crippen molar-refractivity contribution in [3.05, 3.63) is 45.7 Å². The monoisotopic (exact) mass is 558 g/mol. The molecule has 2 aliphatic heterocycles. The summed E-state index contributed by atoms with van der Waals surface area (Å²) < 4.78 is 1.92. The Morgan fingerprint density at radius 1 is 1.21 bits per heavy atom. The predicted molar refractivity (Wildman–Crippen MR) is 151 cm³/mol. The summed E-state index contributed by atoms with van der Waals surface area (Å²) in [5, 5.41) is 15.1. The number of carboxylic acid groups (broad SMARTS) is 1. The summed E-state index contributed by atoms with van der Waals surface area (Å²) in [5.74, 6) is 1.94. The molecule has 3 aromatic rings. The lowest BCUT2D eigenvalue weighted by Crippen LogP contribution is -2.47. The maximum Gasteiger partial charge on any atom is 0.304 e. The van der Waals surface area contributed by atoms with Gasteiger partial charge in [0.05, 0.1) is 24.4 Å². The molecule has 1 N–H and O–H groups in total. The molecule has 8 nitrogen and oxygen atoms in total. The summed E-state index contributed by atoms with van der Waals surface area (Å²) in [6, 6.07) is 5.42. The minimum atomic E-state index is -0.714. The minimum Gasteiger partial charge on any atom is -0.481 e. The Balaban J connectivity index is 1.32. The molecule has 4 atom stereocenters. The van der Waals surface area contributed by atoms with Gasteiger partial charge in [-0.3, -0.25) is 4.79 Å². The van der Waals surface area contributed by atoms with Gasteiger partial charge in [0, 0.05) is 36.2 Å². The van der Waals surface area contributed by atoms with Crippen LogP contribution in [0.3, 0.4) is 0 Å². The van der Waals surface area contributed by atoms with Gasteiger partial charge >= 0.3 is 5.97 Å². The molecule has 0 spiro atoms. The first kappa shape index (κ1) is 27.2. The fourth-order valence-electron chi connectivity index (χ4n) is 6.41. The Bertz CT molecular complexity index is 1310. The van der Waals surface area contributed by atoms with E-state index in [0.29, 0.717) is 34.3 Å². The maximum absolute atomic E-state index is 11.0. The Morgan fingerprint density at radius 3 is 2.76 bits per heavy atom. The number of nitrogens with zero attached hydrogens (tertiary/aromatic N) is 6. The number of anilines is 1. The largest absolute Gasteiger partial charge is 0.481 e. The minimum absolute atomic E-state index is 0.124. The van der Waals surface area contributed by atoms with E-state index in [-0.39, 0.29) is 12.5 Å². The Morgan fingerprint density at radius 2 is 2.03 bits per heavy atom. The first-order valence-electron chi connectivity index (χ1n) is 13.6. The van der Waals surface area contributed by atoms with Crippen LogP contribution in [0.5, 0.6) is 0 Å². The number of aryl methyl sites for hydroxylation is 1. The lowest BCUT2D eigenvalue weighted by atomic mass is 9.74. The van der Waals surface area contributed by atoms with E-state index in [0.717, 1.165) is 67.3 Å². The molecular formula is C28H36Cl2N6O2. The highest BCUT2D eigenvalue weighted by Gasteiger charge is 2.35. The zero-order valence-corrected chi connectivity index (χ0v) is 23.8. The van der Waals surface area contributed by atoms with E-state index in [2.05, 4.69) is 23.6 Å². The summed E-state index contributed by atoms with van der Waals surface area (Å²) >= 11 is 12.6. The van der Waals surface area contributed by atoms with E-state index in [9.17, 15) is 4.79 Å². The van der Waals surface area contributed by atoms with Gasteiger partial charge in [0.2, 0.25) is 0 Å². The van der Waals surface area contributed by atoms with Gasteiger partial charge in [-0.2, -0.15) is 5.10 Å². The number of carboxylic acids is 1. The lowest BCUT2D eigenvalue weighted by Gasteiger charge is -2.44. The first-order valence-corrected chi connectivity index (χ1v) is 14.3. The molecule has 0 radical (unpaired) electrons. The summed E-state index contributed by atoms with van der Waals surface area (Å²) in [6.45, 7) is 10.9. The smallest absolute Gasteiger partial charge is 0.304 e. The Labute approximate surface area is 233 Å². The molecule has 2 fully saturated rings. The van der Waals surface area contributed by atoms with Crippen LogP contribution in [0.15, 0.2) is 24.4 Å². The number of hydrogen-bond acceptors (Lipinski definition) is 6. The van der Waals surface area contributed by atoms with Crippen molar-refractivity contribution in [2.24, 2.45) is 17.8 Å². The first-order chi connectivity index (χ1) is 18.2. The standard InChI is InChI=1S/C28H36Cl2N6O2/c1-17-15-35(12-8-22(17)20-5-4-10-34(16-20)11-9-26(37)38)25-14-31-27-18(2)33-36(28(27)32-25)19(3)23-7-6-21(29)13-24(23)30/h6-7,13-14,17,19-20,22H,4-5,8-12,15-16H2,1-3H3,(H,37,38). The van der Waals surface area contributed by atoms with Crippen LogP contribution in [0.2, 0.25) is 10.0 Å². The SMILES string of the molecule is Cc1nn(C(C)c2ccc(Cl)cc2Cl)c2nc(N3CCC(C4CCCN(CCC(=O)O)C4)C(C)C3)cnc12. The normalized spacial score (nSPS) is 23.6. The van der Waals surface area contributed by atoms with Gasteiger partial charge in [-0.1, -0.05) is 36.2 Å². The Hall–Kier alpha value is -2.42. The number of likely N-dealkylation sites (tertiary alicyclic amines) is 1. The molecule has 0 amide bonds. The van der Waals surface area contributed by atoms with Crippen LogP contribution >= 0.6 is 23.2 Å². The molecule has 0 saturated carbocycles. The summed E-state index contributed by atoms with van der Waals surface area (Å²) in [4.78, 5) is 25.6. The summed E-state index contributed by atoms with van der Waals surface area (Å²) in [6.07, 6.45) is 5.59. The molecule has 2 aliphatic rings. The average Bonchev–Trinajstić information content (AvgIpc) is 3.23. The van der Waals surface area contributed by atoms with E-state index < -0.39 is 5.97 Å². The quantitative estimate of drug-likeness (QED) is 0.397. The molecule has 5 rings (SSSR count). The van der Waals surface area contributed by atoms with Crippen LogP contribution in [0, 0.1) is 24.7 Å². The van der Waals surface area contributed by atoms with Crippen molar-refractivity contribution in [1.82, 2.24) is 24.6 Å². The second-order valence-corrected chi connectivity index (χ2v) is 11.8. The van der Waals surface area contributed by atoms with Crippen molar-refractivity contribution in [1.29, 1.82) is 0 Å².